The first-order chi connectivity index (χ1) is 9.79. The Kier molecular flexibility index (Phi) is 5.54. The molecule has 0 saturated heterocycles. The maximum absolute atomic E-state index is 12.2. The fraction of sp³-hybridized carbons (Fsp3) is 0.412. The monoisotopic (exact) mass is 271 g/mol. The highest BCUT2D eigenvalue weighted by atomic mass is 16.5. The molecule has 1 aromatic carbocycles. The van der Waals surface area contributed by atoms with Gasteiger partial charge in [-0.1, -0.05) is 43.0 Å². The summed E-state index contributed by atoms with van der Waals surface area (Å²) in [7, 11) is 0. The van der Waals surface area contributed by atoms with E-state index in [1.807, 2.05) is 30.3 Å². The molecule has 0 spiro atoms. The van der Waals surface area contributed by atoms with Gasteiger partial charge in [-0.25, -0.2) is 4.79 Å². The lowest BCUT2D eigenvalue weighted by Crippen LogP contribution is -2.27. The fourth-order valence-electron chi connectivity index (χ4n) is 2.45. The molecule has 0 bridgehead atoms. The molecular weight excluding hydrogens is 250 g/mol. The lowest BCUT2D eigenvalue weighted by molar-refractivity contribution is -0.150. The van der Waals surface area contributed by atoms with Crippen molar-refractivity contribution in [3.8, 4) is 0 Å². The van der Waals surface area contributed by atoms with Crippen molar-refractivity contribution in [1.29, 1.82) is 0 Å². The van der Waals surface area contributed by atoms with E-state index in [2.05, 4.69) is 11.6 Å². The van der Waals surface area contributed by atoms with Gasteiger partial charge in [0.05, 0.1) is 0 Å². The number of carbonyl (C=O) groups is 1. The molecule has 3 heteroatoms. The summed E-state index contributed by atoms with van der Waals surface area (Å²) < 4.78 is 5.56. The zero-order valence-electron chi connectivity index (χ0n) is 11.7. The minimum atomic E-state index is -0.476. The zero-order valence-corrected chi connectivity index (χ0v) is 11.7. The molecule has 1 aromatic rings. The first-order valence-electron chi connectivity index (χ1n) is 7.18. The highest BCUT2D eigenvalue weighted by Crippen LogP contribution is 2.22. The molecule has 0 radical (unpaired) electrons. The molecule has 0 amide bonds. The molecule has 0 aliphatic heterocycles. The highest BCUT2D eigenvalue weighted by Gasteiger charge is 2.24. The van der Waals surface area contributed by atoms with E-state index >= 15 is 0 Å². The number of rotatable bonds is 6. The molecule has 2 rings (SSSR count). The maximum Gasteiger partial charge on any atom is 0.331 e. The Balaban J connectivity index is 2.00. The van der Waals surface area contributed by atoms with Crippen molar-refractivity contribution in [1.82, 2.24) is 0 Å². The molecule has 1 saturated carbocycles. The molecule has 106 valence electrons. The number of aliphatic imine (C=N–C) groups is 1. The van der Waals surface area contributed by atoms with Gasteiger partial charge in [-0.05, 0) is 31.2 Å². The molecular formula is C17H21NO2. The van der Waals surface area contributed by atoms with Crippen molar-refractivity contribution in [2.24, 2.45) is 4.99 Å². The first kappa shape index (κ1) is 14.5. The molecule has 1 aliphatic carbocycles. The van der Waals surface area contributed by atoms with Gasteiger partial charge in [0, 0.05) is 12.6 Å². The van der Waals surface area contributed by atoms with Gasteiger partial charge in [0.2, 0.25) is 0 Å². The topological polar surface area (TPSA) is 38.7 Å². The van der Waals surface area contributed by atoms with Crippen LogP contribution < -0.4 is 0 Å². The number of carbonyl (C=O) groups excluding carboxylic acids is 1. The standard InChI is InChI=1S/C17H21NO2/c1-2-12-18-16(13-14-8-4-3-5-9-14)17(19)20-15-10-6-7-11-15/h2-5,8-9,12,15-16H,1,6-7,10-11,13H2/t16-/m0/s1. The number of allylic oxidation sites excluding steroid dienone is 1. The third-order valence-corrected chi connectivity index (χ3v) is 3.50. The normalized spacial score (nSPS) is 17.2. The number of benzene rings is 1. The van der Waals surface area contributed by atoms with Crippen LogP contribution in [0, 0.1) is 0 Å². The summed E-state index contributed by atoms with van der Waals surface area (Å²) in [5.41, 5.74) is 1.09. The van der Waals surface area contributed by atoms with Crippen LogP contribution in [0.15, 0.2) is 48.0 Å². The van der Waals surface area contributed by atoms with Crippen LogP contribution in [0.1, 0.15) is 31.2 Å². The molecule has 20 heavy (non-hydrogen) atoms. The van der Waals surface area contributed by atoms with Crippen LogP contribution in [-0.4, -0.2) is 24.3 Å². The fourth-order valence-corrected chi connectivity index (χ4v) is 2.45. The van der Waals surface area contributed by atoms with Crippen LogP contribution in [0.2, 0.25) is 0 Å². The van der Waals surface area contributed by atoms with E-state index in [0.29, 0.717) is 6.42 Å². The average Bonchev–Trinajstić information content (AvgIpc) is 2.97. The van der Waals surface area contributed by atoms with E-state index < -0.39 is 6.04 Å². The predicted octanol–water partition coefficient (Wildman–Crippen LogP) is 3.34. The van der Waals surface area contributed by atoms with Crippen LogP contribution >= 0.6 is 0 Å². The van der Waals surface area contributed by atoms with Gasteiger partial charge in [-0.3, -0.25) is 4.99 Å². The number of hydrogen-bond acceptors (Lipinski definition) is 3. The zero-order chi connectivity index (χ0) is 14.2. The number of nitrogens with zero attached hydrogens (tertiary/aromatic N) is 1. The molecule has 1 aliphatic rings. The first-order valence-corrected chi connectivity index (χ1v) is 7.18. The van der Waals surface area contributed by atoms with Gasteiger partial charge in [0.1, 0.15) is 6.10 Å². The van der Waals surface area contributed by atoms with Crippen molar-refractivity contribution in [3.63, 3.8) is 0 Å². The Morgan fingerprint density at radius 1 is 1.35 bits per heavy atom. The Morgan fingerprint density at radius 3 is 2.70 bits per heavy atom. The largest absolute Gasteiger partial charge is 0.461 e. The number of ether oxygens (including phenoxy) is 1. The Bertz CT molecular complexity index is 461. The van der Waals surface area contributed by atoms with E-state index in [9.17, 15) is 4.79 Å². The molecule has 0 aromatic heterocycles. The predicted molar refractivity (Wildman–Crippen MR) is 81.0 cm³/mol. The van der Waals surface area contributed by atoms with Crippen molar-refractivity contribution in [2.75, 3.05) is 0 Å². The van der Waals surface area contributed by atoms with Crippen molar-refractivity contribution in [3.05, 3.63) is 48.6 Å². The van der Waals surface area contributed by atoms with Crippen LogP contribution in [0.5, 0.6) is 0 Å². The van der Waals surface area contributed by atoms with E-state index in [4.69, 9.17) is 4.74 Å². The smallest absolute Gasteiger partial charge is 0.331 e. The average molecular weight is 271 g/mol. The summed E-state index contributed by atoms with van der Waals surface area (Å²) in [5.74, 6) is -0.223. The molecule has 1 atom stereocenters. The maximum atomic E-state index is 12.2. The van der Waals surface area contributed by atoms with Gasteiger partial charge in [-0.2, -0.15) is 0 Å². The molecule has 0 unspecified atom stereocenters. The minimum absolute atomic E-state index is 0.0831. The van der Waals surface area contributed by atoms with Gasteiger partial charge < -0.3 is 4.74 Å². The molecule has 1 fully saturated rings. The van der Waals surface area contributed by atoms with Gasteiger partial charge in [0.15, 0.2) is 6.04 Å². The molecule has 0 heterocycles. The Labute approximate surface area is 120 Å². The summed E-state index contributed by atoms with van der Waals surface area (Å²) in [6, 6.07) is 9.41. The van der Waals surface area contributed by atoms with Crippen LogP contribution in [0.3, 0.4) is 0 Å². The summed E-state index contributed by atoms with van der Waals surface area (Å²) in [6.45, 7) is 3.60. The Morgan fingerprint density at radius 2 is 2.05 bits per heavy atom. The van der Waals surface area contributed by atoms with Crippen LogP contribution in [0.4, 0.5) is 0 Å². The Hall–Kier alpha value is -1.90. The second kappa shape index (κ2) is 7.63. The SMILES string of the molecule is C=CC=N[C@@H](Cc1ccccc1)C(=O)OC1CCCC1. The van der Waals surface area contributed by atoms with Crippen LogP contribution in [0.25, 0.3) is 0 Å². The van der Waals surface area contributed by atoms with Gasteiger partial charge >= 0.3 is 5.97 Å². The highest BCUT2D eigenvalue weighted by molar-refractivity contribution is 5.80. The number of hydrogen-bond donors (Lipinski definition) is 0. The second-order valence-electron chi connectivity index (χ2n) is 5.08. The minimum Gasteiger partial charge on any atom is -0.461 e. The quantitative estimate of drug-likeness (QED) is 0.588. The van der Waals surface area contributed by atoms with Gasteiger partial charge in [0.25, 0.3) is 0 Å². The third kappa shape index (κ3) is 4.34. The van der Waals surface area contributed by atoms with E-state index in [0.717, 1.165) is 31.2 Å². The summed E-state index contributed by atoms with van der Waals surface area (Å²) in [4.78, 5) is 16.5. The van der Waals surface area contributed by atoms with E-state index in [1.165, 1.54) is 0 Å². The summed E-state index contributed by atoms with van der Waals surface area (Å²) >= 11 is 0. The third-order valence-electron chi connectivity index (χ3n) is 3.50. The lowest BCUT2D eigenvalue weighted by Gasteiger charge is -2.16. The van der Waals surface area contributed by atoms with E-state index in [-0.39, 0.29) is 12.1 Å². The molecule has 0 N–H and O–H groups in total. The molecule has 3 nitrogen and oxygen atoms in total. The summed E-state index contributed by atoms with van der Waals surface area (Å²) in [5, 5.41) is 0. The summed E-state index contributed by atoms with van der Waals surface area (Å²) in [6.07, 6.45) is 8.07. The number of esters is 1. The lowest BCUT2D eigenvalue weighted by atomic mass is 10.1. The van der Waals surface area contributed by atoms with Crippen molar-refractivity contribution < 1.29 is 9.53 Å². The van der Waals surface area contributed by atoms with Crippen molar-refractivity contribution in [2.45, 2.75) is 44.2 Å². The van der Waals surface area contributed by atoms with E-state index in [1.54, 1.807) is 12.3 Å². The van der Waals surface area contributed by atoms with Gasteiger partial charge in [-0.15, -0.1) is 0 Å². The second-order valence-corrected chi connectivity index (χ2v) is 5.08. The van der Waals surface area contributed by atoms with Crippen LogP contribution in [-0.2, 0) is 16.0 Å². The van der Waals surface area contributed by atoms with Crippen molar-refractivity contribution >= 4 is 12.2 Å².